The van der Waals surface area contributed by atoms with E-state index >= 15 is 0 Å². The third kappa shape index (κ3) is 2.46. The second-order valence-electron chi connectivity index (χ2n) is 4.67. The van der Waals surface area contributed by atoms with E-state index < -0.39 is 5.95 Å². The molecule has 2 rings (SSSR count). The van der Waals surface area contributed by atoms with Crippen molar-refractivity contribution in [3.63, 3.8) is 0 Å². The van der Waals surface area contributed by atoms with Gasteiger partial charge in [0.2, 0.25) is 5.95 Å². The van der Waals surface area contributed by atoms with Crippen LogP contribution in [0.1, 0.15) is 20.3 Å². The van der Waals surface area contributed by atoms with Gasteiger partial charge in [-0.1, -0.05) is 19.9 Å². The van der Waals surface area contributed by atoms with E-state index in [0.29, 0.717) is 11.8 Å². The van der Waals surface area contributed by atoms with Crippen LogP contribution in [0, 0.1) is 17.8 Å². The Labute approximate surface area is 90.1 Å². The van der Waals surface area contributed by atoms with Gasteiger partial charge in [-0.3, -0.25) is 0 Å². The highest BCUT2D eigenvalue weighted by Gasteiger charge is 2.22. The van der Waals surface area contributed by atoms with Gasteiger partial charge < -0.3 is 4.90 Å². The minimum Gasteiger partial charge on any atom is -0.356 e. The first kappa shape index (κ1) is 10.4. The van der Waals surface area contributed by atoms with Crippen molar-refractivity contribution in [2.75, 3.05) is 18.0 Å². The molecule has 2 atom stereocenters. The molecule has 2 unspecified atom stereocenters. The van der Waals surface area contributed by atoms with Gasteiger partial charge in [-0.05, 0) is 30.4 Å². The van der Waals surface area contributed by atoms with E-state index in [2.05, 4.69) is 23.7 Å². The van der Waals surface area contributed by atoms with E-state index in [9.17, 15) is 4.39 Å². The lowest BCUT2D eigenvalue weighted by molar-refractivity contribution is 0.354. The topological polar surface area (TPSA) is 16.1 Å². The van der Waals surface area contributed by atoms with Gasteiger partial charge in [0.15, 0.2) is 0 Å². The SMILES string of the molecule is CC1CC(C)CN(c2cccc(F)n2)C1. The average molecular weight is 208 g/mol. The van der Waals surface area contributed by atoms with Gasteiger partial charge in [-0.2, -0.15) is 4.39 Å². The Hall–Kier alpha value is -1.12. The molecule has 15 heavy (non-hydrogen) atoms. The summed E-state index contributed by atoms with van der Waals surface area (Å²) in [5.74, 6) is 1.71. The molecule has 0 bridgehead atoms. The second-order valence-corrected chi connectivity index (χ2v) is 4.67. The van der Waals surface area contributed by atoms with Crippen LogP contribution in [-0.2, 0) is 0 Å². The standard InChI is InChI=1S/C12H17FN2/c1-9-6-10(2)8-15(7-9)12-5-3-4-11(13)14-12/h3-5,9-10H,6-8H2,1-2H3. The van der Waals surface area contributed by atoms with E-state index in [-0.39, 0.29) is 0 Å². The number of halogens is 1. The summed E-state index contributed by atoms with van der Waals surface area (Å²) in [6, 6.07) is 5.00. The van der Waals surface area contributed by atoms with Crippen molar-refractivity contribution < 1.29 is 4.39 Å². The van der Waals surface area contributed by atoms with Crippen LogP contribution in [-0.4, -0.2) is 18.1 Å². The molecule has 2 heterocycles. The third-order valence-electron chi connectivity index (χ3n) is 2.89. The normalized spacial score (nSPS) is 26.7. The molecule has 1 aromatic heterocycles. The van der Waals surface area contributed by atoms with Crippen LogP contribution in [0.25, 0.3) is 0 Å². The number of rotatable bonds is 1. The number of hydrogen-bond acceptors (Lipinski definition) is 2. The van der Waals surface area contributed by atoms with E-state index in [4.69, 9.17) is 0 Å². The van der Waals surface area contributed by atoms with Crippen LogP contribution >= 0.6 is 0 Å². The Morgan fingerprint density at radius 1 is 1.27 bits per heavy atom. The van der Waals surface area contributed by atoms with Crippen molar-refractivity contribution in [2.24, 2.45) is 11.8 Å². The van der Waals surface area contributed by atoms with Crippen LogP contribution in [0.5, 0.6) is 0 Å². The minimum absolute atomic E-state index is 0.390. The number of nitrogens with zero attached hydrogens (tertiary/aromatic N) is 2. The third-order valence-corrected chi connectivity index (χ3v) is 2.89. The monoisotopic (exact) mass is 208 g/mol. The fraction of sp³-hybridized carbons (Fsp3) is 0.583. The molecule has 0 amide bonds. The van der Waals surface area contributed by atoms with Gasteiger partial charge in [0.1, 0.15) is 5.82 Å². The van der Waals surface area contributed by atoms with Gasteiger partial charge in [-0.15, -0.1) is 0 Å². The number of anilines is 1. The highest BCUT2D eigenvalue weighted by atomic mass is 19.1. The van der Waals surface area contributed by atoms with E-state index in [1.54, 1.807) is 6.07 Å². The zero-order valence-corrected chi connectivity index (χ0v) is 9.28. The van der Waals surface area contributed by atoms with Crippen LogP contribution in [0.15, 0.2) is 18.2 Å². The highest BCUT2D eigenvalue weighted by molar-refractivity contribution is 5.38. The lowest BCUT2D eigenvalue weighted by atomic mass is 9.92. The fourth-order valence-electron chi connectivity index (χ4n) is 2.42. The molecule has 0 spiro atoms. The summed E-state index contributed by atoms with van der Waals surface area (Å²) >= 11 is 0. The van der Waals surface area contributed by atoms with Crippen molar-refractivity contribution in [2.45, 2.75) is 20.3 Å². The molecule has 1 aliphatic rings. The lowest BCUT2D eigenvalue weighted by Crippen LogP contribution is -2.39. The van der Waals surface area contributed by atoms with E-state index in [0.717, 1.165) is 18.9 Å². The Kier molecular flexibility index (Phi) is 2.89. The summed E-state index contributed by atoms with van der Waals surface area (Å²) in [6.45, 7) is 6.45. The molecule has 1 aliphatic heterocycles. The maximum Gasteiger partial charge on any atom is 0.214 e. The summed E-state index contributed by atoms with van der Waals surface area (Å²) in [5.41, 5.74) is 0. The van der Waals surface area contributed by atoms with Crippen LogP contribution in [0.2, 0.25) is 0 Å². The van der Waals surface area contributed by atoms with Crippen LogP contribution in [0.4, 0.5) is 10.2 Å². The Morgan fingerprint density at radius 3 is 2.53 bits per heavy atom. The van der Waals surface area contributed by atoms with Gasteiger partial charge in [-0.25, -0.2) is 4.98 Å². The molecule has 0 aromatic carbocycles. The number of pyridine rings is 1. The summed E-state index contributed by atoms with van der Waals surface area (Å²) < 4.78 is 13.0. The van der Waals surface area contributed by atoms with Crippen LogP contribution < -0.4 is 4.90 Å². The molecular formula is C12H17FN2. The van der Waals surface area contributed by atoms with Crippen LogP contribution in [0.3, 0.4) is 0 Å². The predicted octanol–water partition coefficient (Wildman–Crippen LogP) is 2.70. The average Bonchev–Trinajstić information content (AvgIpc) is 2.16. The first-order valence-electron chi connectivity index (χ1n) is 5.52. The molecule has 3 heteroatoms. The fourth-order valence-corrected chi connectivity index (χ4v) is 2.42. The quantitative estimate of drug-likeness (QED) is 0.660. The molecule has 0 saturated carbocycles. The molecule has 1 aromatic rings. The predicted molar refractivity (Wildman–Crippen MR) is 59.4 cm³/mol. The maximum atomic E-state index is 13.0. The van der Waals surface area contributed by atoms with Crippen molar-refractivity contribution in [1.29, 1.82) is 0 Å². The zero-order chi connectivity index (χ0) is 10.8. The van der Waals surface area contributed by atoms with Crippen molar-refractivity contribution in [1.82, 2.24) is 4.98 Å². The summed E-state index contributed by atoms with van der Waals surface area (Å²) in [4.78, 5) is 6.11. The number of aromatic nitrogens is 1. The molecule has 1 fully saturated rings. The molecular weight excluding hydrogens is 191 g/mol. The molecule has 82 valence electrons. The number of hydrogen-bond donors (Lipinski definition) is 0. The Bertz CT molecular complexity index is 330. The van der Waals surface area contributed by atoms with Crippen molar-refractivity contribution in [3.05, 3.63) is 24.1 Å². The minimum atomic E-state index is -0.390. The van der Waals surface area contributed by atoms with Gasteiger partial charge in [0, 0.05) is 13.1 Å². The largest absolute Gasteiger partial charge is 0.356 e. The lowest BCUT2D eigenvalue weighted by Gasteiger charge is -2.35. The van der Waals surface area contributed by atoms with Gasteiger partial charge >= 0.3 is 0 Å². The molecule has 1 saturated heterocycles. The molecule has 2 nitrogen and oxygen atoms in total. The molecule has 0 radical (unpaired) electrons. The number of piperidine rings is 1. The maximum absolute atomic E-state index is 13.0. The summed E-state index contributed by atoms with van der Waals surface area (Å²) in [6.07, 6.45) is 1.26. The van der Waals surface area contributed by atoms with E-state index in [1.165, 1.54) is 12.5 Å². The smallest absolute Gasteiger partial charge is 0.214 e. The highest BCUT2D eigenvalue weighted by Crippen LogP contribution is 2.24. The summed E-state index contributed by atoms with van der Waals surface area (Å²) in [7, 11) is 0. The first-order chi connectivity index (χ1) is 7.15. The first-order valence-corrected chi connectivity index (χ1v) is 5.52. The molecule has 0 aliphatic carbocycles. The van der Waals surface area contributed by atoms with Gasteiger partial charge in [0.05, 0.1) is 0 Å². The van der Waals surface area contributed by atoms with Gasteiger partial charge in [0.25, 0.3) is 0 Å². The zero-order valence-electron chi connectivity index (χ0n) is 9.28. The van der Waals surface area contributed by atoms with Crippen molar-refractivity contribution >= 4 is 5.82 Å². The second kappa shape index (κ2) is 4.17. The molecule has 0 N–H and O–H groups in total. The Balaban J connectivity index is 2.16. The Morgan fingerprint density at radius 2 is 1.93 bits per heavy atom. The van der Waals surface area contributed by atoms with E-state index in [1.807, 2.05) is 6.07 Å². The van der Waals surface area contributed by atoms with Crippen molar-refractivity contribution in [3.8, 4) is 0 Å². The summed E-state index contributed by atoms with van der Waals surface area (Å²) in [5, 5.41) is 0.